The number of methoxy groups -OCH3 is 1. The fourth-order valence-corrected chi connectivity index (χ4v) is 2.66. The first-order valence-corrected chi connectivity index (χ1v) is 6.45. The number of hydrogen-bond donors (Lipinski definition) is 0. The fourth-order valence-electron chi connectivity index (χ4n) is 1.82. The van der Waals surface area contributed by atoms with Crippen LogP contribution in [-0.4, -0.2) is 7.11 Å². The van der Waals surface area contributed by atoms with E-state index in [4.69, 9.17) is 4.74 Å². The lowest BCUT2D eigenvalue weighted by Crippen LogP contribution is -1.90. The molecule has 0 amide bonds. The average Bonchev–Trinajstić information content (AvgIpc) is 2.74. The summed E-state index contributed by atoms with van der Waals surface area (Å²) in [6.07, 6.45) is 0. The second-order valence-electron chi connectivity index (χ2n) is 4.16. The molecule has 0 aliphatic heterocycles. The molecule has 1 heterocycles. The maximum Gasteiger partial charge on any atom is 0.127 e. The number of rotatable bonds is 3. The first kappa shape index (κ1) is 11.9. The van der Waals surface area contributed by atoms with Crippen molar-refractivity contribution < 1.29 is 4.74 Å². The first-order chi connectivity index (χ1) is 8.13. The number of benzene rings is 1. The van der Waals surface area contributed by atoms with Crippen molar-refractivity contribution in [1.29, 1.82) is 0 Å². The van der Waals surface area contributed by atoms with E-state index in [1.807, 2.05) is 6.92 Å². The summed E-state index contributed by atoms with van der Waals surface area (Å²) in [4.78, 5) is 0. The van der Waals surface area contributed by atoms with Gasteiger partial charge in [-0.2, -0.15) is 11.3 Å². The first-order valence-electron chi connectivity index (χ1n) is 5.50. The zero-order valence-electron chi connectivity index (χ0n) is 10.4. The molecule has 17 heavy (non-hydrogen) atoms. The maximum atomic E-state index is 5.48. The summed E-state index contributed by atoms with van der Waals surface area (Å²) >= 11 is 1.72. The van der Waals surface area contributed by atoms with Crippen LogP contribution >= 0.6 is 11.3 Å². The van der Waals surface area contributed by atoms with Gasteiger partial charge in [0, 0.05) is 5.56 Å². The molecule has 0 fully saturated rings. The highest BCUT2D eigenvalue weighted by molar-refractivity contribution is 7.08. The van der Waals surface area contributed by atoms with E-state index in [1.54, 1.807) is 18.4 Å². The van der Waals surface area contributed by atoms with Crippen molar-refractivity contribution in [3.8, 4) is 16.9 Å². The number of aryl methyl sites for hydroxylation is 1. The van der Waals surface area contributed by atoms with Crippen LogP contribution in [0.5, 0.6) is 5.75 Å². The molecular weight excluding hydrogens is 228 g/mol. The van der Waals surface area contributed by atoms with Crippen LogP contribution < -0.4 is 4.74 Å². The van der Waals surface area contributed by atoms with Gasteiger partial charge >= 0.3 is 0 Å². The van der Waals surface area contributed by atoms with Crippen LogP contribution in [0.2, 0.25) is 0 Å². The molecule has 2 heteroatoms. The zero-order valence-corrected chi connectivity index (χ0v) is 11.2. The third kappa shape index (κ3) is 2.27. The Kier molecular flexibility index (Phi) is 3.34. The molecule has 0 aliphatic carbocycles. The van der Waals surface area contributed by atoms with E-state index in [1.165, 1.54) is 11.1 Å². The van der Waals surface area contributed by atoms with Crippen LogP contribution in [-0.2, 0) is 0 Å². The van der Waals surface area contributed by atoms with Gasteiger partial charge in [0.2, 0.25) is 0 Å². The Morgan fingerprint density at radius 1 is 1.24 bits per heavy atom. The summed E-state index contributed by atoms with van der Waals surface area (Å²) in [6, 6.07) is 6.25. The van der Waals surface area contributed by atoms with Crippen LogP contribution in [0, 0.1) is 6.92 Å². The van der Waals surface area contributed by atoms with Crippen LogP contribution in [0.1, 0.15) is 18.1 Å². The summed E-state index contributed by atoms with van der Waals surface area (Å²) < 4.78 is 5.48. The Hall–Kier alpha value is -1.54. The maximum absolute atomic E-state index is 5.48. The highest BCUT2D eigenvalue weighted by atomic mass is 32.1. The van der Waals surface area contributed by atoms with Gasteiger partial charge in [0.25, 0.3) is 0 Å². The third-order valence-electron chi connectivity index (χ3n) is 2.84. The Balaban J connectivity index is 2.56. The zero-order chi connectivity index (χ0) is 12.4. The highest BCUT2D eigenvalue weighted by Crippen LogP contribution is 2.35. The van der Waals surface area contributed by atoms with Gasteiger partial charge in [0.15, 0.2) is 0 Å². The minimum Gasteiger partial charge on any atom is -0.496 e. The Morgan fingerprint density at radius 2 is 2.00 bits per heavy atom. The van der Waals surface area contributed by atoms with E-state index in [9.17, 15) is 0 Å². The molecule has 0 atom stereocenters. The predicted molar refractivity (Wildman–Crippen MR) is 75.8 cm³/mol. The van der Waals surface area contributed by atoms with E-state index >= 15 is 0 Å². The van der Waals surface area contributed by atoms with Gasteiger partial charge in [-0.05, 0) is 47.4 Å². The molecule has 1 aromatic heterocycles. The van der Waals surface area contributed by atoms with Gasteiger partial charge in [-0.15, -0.1) is 0 Å². The summed E-state index contributed by atoms with van der Waals surface area (Å²) in [5.41, 5.74) is 5.86. The highest BCUT2D eigenvalue weighted by Gasteiger charge is 2.10. The van der Waals surface area contributed by atoms with Crippen LogP contribution in [0.15, 0.2) is 35.5 Å². The van der Waals surface area contributed by atoms with Gasteiger partial charge in [-0.25, -0.2) is 0 Å². The molecule has 1 nitrogen and oxygen atoms in total. The van der Waals surface area contributed by atoms with E-state index in [0.29, 0.717) is 0 Å². The molecule has 0 radical (unpaired) electrons. The molecule has 2 rings (SSSR count). The smallest absolute Gasteiger partial charge is 0.127 e. The molecule has 0 aliphatic rings. The van der Waals surface area contributed by atoms with Gasteiger partial charge in [0.05, 0.1) is 7.11 Å². The molecule has 0 unspecified atom stereocenters. The van der Waals surface area contributed by atoms with E-state index in [2.05, 4.69) is 42.5 Å². The fraction of sp³-hybridized carbons (Fsp3) is 0.200. The topological polar surface area (TPSA) is 9.23 Å². The quantitative estimate of drug-likeness (QED) is 0.756. The van der Waals surface area contributed by atoms with E-state index in [0.717, 1.165) is 22.4 Å². The van der Waals surface area contributed by atoms with Gasteiger partial charge in [-0.1, -0.05) is 24.3 Å². The summed E-state index contributed by atoms with van der Waals surface area (Å²) in [5.74, 6) is 0.909. The number of ether oxygens (including phenoxy) is 1. The molecular formula is C15H16OS. The summed E-state index contributed by atoms with van der Waals surface area (Å²) in [5, 5.41) is 4.31. The number of thiophene rings is 1. The Labute approximate surface area is 106 Å². The average molecular weight is 244 g/mol. The molecule has 0 saturated heterocycles. The Morgan fingerprint density at radius 3 is 2.53 bits per heavy atom. The van der Waals surface area contributed by atoms with Crippen molar-refractivity contribution in [2.24, 2.45) is 0 Å². The van der Waals surface area contributed by atoms with Crippen molar-refractivity contribution in [2.75, 3.05) is 7.11 Å². The normalized spacial score (nSPS) is 10.3. The molecule has 2 aromatic rings. The number of hydrogen-bond acceptors (Lipinski definition) is 2. The second kappa shape index (κ2) is 4.76. The minimum absolute atomic E-state index is 0.909. The van der Waals surface area contributed by atoms with Crippen LogP contribution in [0.4, 0.5) is 0 Å². The molecule has 88 valence electrons. The van der Waals surface area contributed by atoms with Crippen LogP contribution in [0.3, 0.4) is 0 Å². The van der Waals surface area contributed by atoms with Gasteiger partial charge in [0.1, 0.15) is 5.75 Å². The van der Waals surface area contributed by atoms with Gasteiger partial charge in [-0.3, -0.25) is 0 Å². The monoisotopic (exact) mass is 244 g/mol. The molecule has 0 bridgehead atoms. The van der Waals surface area contributed by atoms with Crippen molar-refractivity contribution in [2.45, 2.75) is 13.8 Å². The predicted octanol–water partition coefficient (Wildman–Crippen LogP) is 4.77. The molecule has 0 spiro atoms. The number of allylic oxidation sites excluding steroid dienone is 1. The van der Waals surface area contributed by atoms with Gasteiger partial charge < -0.3 is 4.74 Å². The van der Waals surface area contributed by atoms with Crippen molar-refractivity contribution in [3.05, 3.63) is 46.7 Å². The van der Waals surface area contributed by atoms with Crippen LogP contribution in [0.25, 0.3) is 16.7 Å². The lowest BCUT2D eigenvalue weighted by Gasteiger charge is -2.10. The lowest BCUT2D eigenvalue weighted by molar-refractivity contribution is 0.416. The molecule has 0 N–H and O–H groups in total. The van der Waals surface area contributed by atoms with Crippen molar-refractivity contribution in [1.82, 2.24) is 0 Å². The third-order valence-corrected chi connectivity index (χ3v) is 3.70. The Bertz CT molecular complexity index is 552. The standard InChI is InChI=1S/C15H16OS/c1-10(2)12-5-6-13(15(7-12)16-4)14-9-17-8-11(14)3/h5-9H,1H2,2-4H3. The minimum atomic E-state index is 0.909. The van der Waals surface area contributed by atoms with E-state index < -0.39 is 0 Å². The van der Waals surface area contributed by atoms with Crippen molar-refractivity contribution >= 4 is 16.9 Å². The molecule has 1 aromatic carbocycles. The summed E-state index contributed by atoms with van der Waals surface area (Å²) in [7, 11) is 1.71. The molecule has 0 saturated carbocycles. The van der Waals surface area contributed by atoms with Crippen molar-refractivity contribution in [3.63, 3.8) is 0 Å². The second-order valence-corrected chi connectivity index (χ2v) is 4.91. The lowest BCUT2D eigenvalue weighted by atomic mass is 10.0. The van der Waals surface area contributed by atoms with E-state index in [-0.39, 0.29) is 0 Å². The largest absolute Gasteiger partial charge is 0.496 e. The SMILES string of the molecule is C=C(C)c1ccc(-c2cscc2C)c(OC)c1. The summed E-state index contributed by atoms with van der Waals surface area (Å²) in [6.45, 7) is 8.08.